The van der Waals surface area contributed by atoms with Crippen molar-refractivity contribution >= 4 is 5.97 Å². The quantitative estimate of drug-likeness (QED) is 0.435. The first-order chi connectivity index (χ1) is 13.0. The van der Waals surface area contributed by atoms with Crippen molar-refractivity contribution in [3.63, 3.8) is 0 Å². The number of hydrogen-bond donors (Lipinski definition) is 1. The van der Waals surface area contributed by atoms with Crippen LogP contribution in [0.2, 0.25) is 0 Å². The molecule has 0 spiro atoms. The molecule has 27 heavy (non-hydrogen) atoms. The highest BCUT2D eigenvalue weighted by molar-refractivity contribution is 5.66. The number of unbranched alkanes of at least 4 members (excludes halogenated alkanes) is 5. The molecular weight excluding hydrogens is 342 g/mol. The van der Waals surface area contributed by atoms with E-state index in [4.69, 9.17) is 19.8 Å². The van der Waals surface area contributed by atoms with Gasteiger partial charge in [0.1, 0.15) is 17.1 Å². The van der Waals surface area contributed by atoms with Crippen LogP contribution in [0.15, 0.2) is 30.4 Å². The Kier molecular flexibility index (Phi) is 8.19. The summed E-state index contributed by atoms with van der Waals surface area (Å²) in [4.78, 5) is 10.6. The molecule has 1 atom stereocenters. The fourth-order valence-electron chi connectivity index (χ4n) is 3.15. The minimum absolute atomic E-state index is 0.00518. The third-order valence-corrected chi connectivity index (χ3v) is 4.73. The van der Waals surface area contributed by atoms with Gasteiger partial charge in [-0.2, -0.15) is 5.26 Å². The van der Waals surface area contributed by atoms with Gasteiger partial charge in [-0.1, -0.05) is 18.9 Å². The van der Waals surface area contributed by atoms with E-state index in [-0.39, 0.29) is 18.6 Å². The van der Waals surface area contributed by atoms with Crippen LogP contribution in [0.1, 0.15) is 63.9 Å². The SMILES string of the molecule is CC1(/C=C/CCCCCCC#N)CCc2cc(OCCC(=O)O)ccc2O1. The molecule has 2 rings (SSSR count). The summed E-state index contributed by atoms with van der Waals surface area (Å²) in [6.45, 7) is 2.28. The molecule has 0 radical (unpaired) electrons. The Hall–Kier alpha value is -2.48. The number of fused-ring (bicyclic) bond motifs is 1. The molecule has 1 aromatic carbocycles. The predicted octanol–water partition coefficient (Wildman–Crippen LogP) is 5.04. The van der Waals surface area contributed by atoms with Gasteiger partial charge >= 0.3 is 5.97 Å². The Balaban J connectivity index is 1.79. The van der Waals surface area contributed by atoms with E-state index in [9.17, 15) is 4.79 Å². The van der Waals surface area contributed by atoms with E-state index in [1.807, 2.05) is 18.2 Å². The van der Waals surface area contributed by atoms with Crippen LogP contribution in [0.25, 0.3) is 0 Å². The van der Waals surface area contributed by atoms with E-state index in [0.717, 1.165) is 56.3 Å². The zero-order valence-electron chi connectivity index (χ0n) is 16.1. The summed E-state index contributed by atoms with van der Waals surface area (Å²) < 4.78 is 11.7. The van der Waals surface area contributed by atoms with Gasteiger partial charge in [-0.15, -0.1) is 0 Å². The van der Waals surface area contributed by atoms with Crippen molar-refractivity contribution < 1.29 is 19.4 Å². The number of nitrogens with zero attached hydrogens (tertiary/aromatic N) is 1. The summed E-state index contributed by atoms with van der Waals surface area (Å²) in [6.07, 6.45) is 12.3. The Morgan fingerprint density at radius 2 is 2.19 bits per heavy atom. The molecule has 0 bridgehead atoms. The van der Waals surface area contributed by atoms with Gasteiger partial charge in [-0.3, -0.25) is 4.79 Å². The number of carbonyl (C=O) groups is 1. The minimum atomic E-state index is -0.860. The summed E-state index contributed by atoms with van der Waals surface area (Å²) in [7, 11) is 0. The molecule has 5 nitrogen and oxygen atoms in total. The molecule has 5 heteroatoms. The van der Waals surface area contributed by atoms with Gasteiger partial charge in [0.15, 0.2) is 0 Å². The minimum Gasteiger partial charge on any atom is -0.493 e. The molecule has 0 saturated heterocycles. The van der Waals surface area contributed by atoms with Gasteiger partial charge in [0.05, 0.1) is 19.1 Å². The number of benzene rings is 1. The van der Waals surface area contributed by atoms with Gasteiger partial charge in [0.25, 0.3) is 0 Å². The van der Waals surface area contributed by atoms with E-state index in [1.165, 1.54) is 0 Å². The van der Waals surface area contributed by atoms with Crippen molar-refractivity contribution in [2.75, 3.05) is 6.61 Å². The highest BCUT2D eigenvalue weighted by Crippen LogP contribution is 2.36. The standard InChI is InChI=1S/C22H29NO4/c1-22(13-7-5-3-2-4-6-8-15-23)14-11-18-17-19(9-10-20(18)27-22)26-16-12-21(24)25/h7,9-10,13,17H,2-6,8,11-12,14,16H2,1H3,(H,24,25)/b13-7+. The topological polar surface area (TPSA) is 79.5 Å². The molecule has 1 heterocycles. The van der Waals surface area contributed by atoms with E-state index in [0.29, 0.717) is 12.2 Å². The number of rotatable bonds is 11. The average molecular weight is 371 g/mol. The van der Waals surface area contributed by atoms with E-state index < -0.39 is 5.97 Å². The van der Waals surface area contributed by atoms with Gasteiger partial charge in [0, 0.05) is 6.42 Å². The maximum Gasteiger partial charge on any atom is 0.306 e. The molecular formula is C22H29NO4. The number of nitriles is 1. The smallest absolute Gasteiger partial charge is 0.306 e. The van der Waals surface area contributed by atoms with Crippen molar-refractivity contribution in [3.8, 4) is 17.6 Å². The Morgan fingerprint density at radius 3 is 2.96 bits per heavy atom. The summed E-state index contributed by atoms with van der Waals surface area (Å²) in [5.74, 6) is 0.700. The number of hydrogen-bond acceptors (Lipinski definition) is 4. The highest BCUT2D eigenvalue weighted by Gasteiger charge is 2.29. The maximum atomic E-state index is 10.6. The van der Waals surface area contributed by atoms with Crippen LogP contribution in [0.3, 0.4) is 0 Å². The number of carboxylic acid groups (broad SMARTS) is 1. The van der Waals surface area contributed by atoms with Crippen LogP contribution in [-0.4, -0.2) is 23.3 Å². The first kappa shape index (κ1) is 20.8. The fourth-order valence-corrected chi connectivity index (χ4v) is 3.15. The number of aryl methyl sites for hydroxylation is 1. The van der Waals surface area contributed by atoms with E-state index >= 15 is 0 Å². The van der Waals surface area contributed by atoms with E-state index in [1.54, 1.807) is 0 Å². The number of aliphatic carboxylic acids is 1. The van der Waals surface area contributed by atoms with Crippen LogP contribution in [-0.2, 0) is 11.2 Å². The Morgan fingerprint density at radius 1 is 1.37 bits per heavy atom. The molecule has 1 aliphatic rings. The highest BCUT2D eigenvalue weighted by atomic mass is 16.5. The fraction of sp³-hybridized carbons (Fsp3) is 0.545. The second kappa shape index (κ2) is 10.6. The monoisotopic (exact) mass is 371 g/mol. The normalized spacial score (nSPS) is 18.5. The molecule has 146 valence electrons. The van der Waals surface area contributed by atoms with Crippen LogP contribution in [0.5, 0.6) is 11.5 Å². The lowest BCUT2D eigenvalue weighted by molar-refractivity contribution is -0.137. The van der Waals surface area contributed by atoms with Crippen molar-refractivity contribution in [1.82, 2.24) is 0 Å². The van der Waals surface area contributed by atoms with Crippen molar-refractivity contribution in [1.29, 1.82) is 5.26 Å². The summed E-state index contributed by atoms with van der Waals surface area (Å²) in [6, 6.07) is 7.87. The third kappa shape index (κ3) is 7.34. The van der Waals surface area contributed by atoms with Crippen LogP contribution >= 0.6 is 0 Å². The van der Waals surface area contributed by atoms with Crippen molar-refractivity contribution in [3.05, 3.63) is 35.9 Å². The van der Waals surface area contributed by atoms with Crippen molar-refractivity contribution in [2.45, 2.75) is 70.3 Å². The first-order valence-electron chi connectivity index (χ1n) is 9.73. The van der Waals surface area contributed by atoms with Gasteiger partial charge < -0.3 is 14.6 Å². The molecule has 0 aliphatic carbocycles. The van der Waals surface area contributed by atoms with Crippen LogP contribution in [0.4, 0.5) is 0 Å². The van der Waals surface area contributed by atoms with Crippen LogP contribution in [0, 0.1) is 11.3 Å². The lowest BCUT2D eigenvalue weighted by atomic mass is 9.91. The zero-order chi connectivity index (χ0) is 19.5. The molecule has 0 saturated carbocycles. The summed E-state index contributed by atoms with van der Waals surface area (Å²) >= 11 is 0. The van der Waals surface area contributed by atoms with Crippen LogP contribution < -0.4 is 9.47 Å². The molecule has 1 aromatic rings. The number of ether oxygens (including phenoxy) is 2. The molecule has 1 aliphatic heterocycles. The molecule has 1 N–H and O–H groups in total. The Bertz CT molecular complexity index is 692. The first-order valence-corrected chi connectivity index (χ1v) is 9.73. The van der Waals surface area contributed by atoms with Gasteiger partial charge in [-0.25, -0.2) is 0 Å². The van der Waals surface area contributed by atoms with Crippen molar-refractivity contribution in [2.24, 2.45) is 0 Å². The molecule has 0 aromatic heterocycles. The third-order valence-electron chi connectivity index (χ3n) is 4.73. The Labute approximate surface area is 161 Å². The molecule has 0 fully saturated rings. The number of carboxylic acids is 1. The summed E-state index contributed by atoms with van der Waals surface area (Å²) in [5, 5.41) is 17.2. The molecule has 1 unspecified atom stereocenters. The van der Waals surface area contributed by atoms with E-state index in [2.05, 4.69) is 25.1 Å². The van der Waals surface area contributed by atoms with Gasteiger partial charge in [0.2, 0.25) is 0 Å². The van der Waals surface area contributed by atoms with Gasteiger partial charge in [-0.05, 0) is 68.9 Å². The maximum absolute atomic E-state index is 10.6. The largest absolute Gasteiger partial charge is 0.493 e. The number of allylic oxidation sites excluding steroid dienone is 1. The summed E-state index contributed by atoms with van der Waals surface area (Å²) in [5.41, 5.74) is 0.811. The predicted molar refractivity (Wildman–Crippen MR) is 104 cm³/mol. The zero-order valence-corrected chi connectivity index (χ0v) is 16.1. The second-order valence-electron chi connectivity index (χ2n) is 7.19. The average Bonchev–Trinajstić information content (AvgIpc) is 2.64. The lowest BCUT2D eigenvalue weighted by Gasteiger charge is -2.33. The second-order valence-corrected chi connectivity index (χ2v) is 7.19. The lowest BCUT2D eigenvalue weighted by Crippen LogP contribution is -2.34. The molecule has 0 amide bonds.